The number of carbonyl (C=O) groups is 3. The van der Waals surface area contributed by atoms with Gasteiger partial charge >= 0.3 is 11.8 Å². The lowest BCUT2D eigenvalue weighted by atomic mass is 9.88. The van der Waals surface area contributed by atoms with Crippen molar-refractivity contribution in [1.82, 2.24) is 5.32 Å². The monoisotopic (exact) mass is 433 g/mol. The second-order valence-electron chi connectivity index (χ2n) is 9.09. The molecule has 0 saturated heterocycles. The van der Waals surface area contributed by atoms with Crippen molar-refractivity contribution < 1.29 is 19.5 Å². The van der Waals surface area contributed by atoms with E-state index in [9.17, 15) is 19.5 Å². The maximum Gasteiger partial charge on any atom is 0.313 e. The molecule has 1 fully saturated rings. The first-order valence-corrected chi connectivity index (χ1v) is 11.2. The molecule has 3 amide bonds. The Morgan fingerprint density at radius 1 is 1.16 bits per heavy atom. The van der Waals surface area contributed by atoms with Gasteiger partial charge in [-0.1, -0.05) is 30.3 Å². The van der Waals surface area contributed by atoms with Crippen LogP contribution in [-0.4, -0.2) is 35.9 Å². The van der Waals surface area contributed by atoms with Gasteiger partial charge in [0.25, 0.3) is 0 Å². The van der Waals surface area contributed by atoms with E-state index >= 15 is 0 Å². The summed E-state index contributed by atoms with van der Waals surface area (Å²) in [5.74, 6) is -1.68. The van der Waals surface area contributed by atoms with E-state index in [1.807, 2.05) is 48.2 Å². The van der Waals surface area contributed by atoms with E-state index in [1.54, 1.807) is 6.07 Å². The highest BCUT2D eigenvalue weighted by molar-refractivity contribution is 6.39. The SMILES string of the molecule is CC1C(=O)N2CCCc3cc(NC(=O)C(=O)NCC(O)(c4ccccc4)C4CC4)cc1c32. The number of amides is 3. The van der Waals surface area contributed by atoms with E-state index in [2.05, 4.69) is 10.6 Å². The third-order valence-corrected chi connectivity index (χ3v) is 6.93. The van der Waals surface area contributed by atoms with Gasteiger partial charge in [0, 0.05) is 12.2 Å². The Hall–Kier alpha value is -3.19. The van der Waals surface area contributed by atoms with Gasteiger partial charge in [-0.25, -0.2) is 0 Å². The minimum atomic E-state index is -1.19. The van der Waals surface area contributed by atoms with E-state index in [-0.39, 0.29) is 24.3 Å². The standard InChI is InChI=1S/C25H27N3O4/c1-15-20-13-19(12-16-6-5-11-28(21(16)20)24(15)31)27-23(30)22(29)26-14-25(32,18-9-10-18)17-7-3-2-4-8-17/h2-4,7-8,12-13,15,18,32H,5-6,9-11,14H2,1H3,(H,26,29)(H,27,30). The third-order valence-electron chi connectivity index (χ3n) is 6.93. The minimum Gasteiger partial charge on any atom is -0.383 e. The van der Waals surface area contributed by atoms with Crippen LogP contribution in [0.4, 0.5) is 11.4 Å². The van der Waals surface area contributed by atoms with Gasteiger partial charge in [-0.2, -0.15) is 0 Å². The zero-order chi connectivity index (χ0) is 22.5. The van der Waals surface area contributed by atoms with Crippen LogP contribution in [0.3, 0.4) is 0 Å². The summed E-state index contributed by atoms with van der Waals surface area (Å²) in [4.78, 5) is 39.5. The van der Waals surface area contributed by atoms with E-state index < -0.39 is 17.4 Å². The Morgan fingerprint density at radius 3 is 2.62 bits per heavy atom. The number of anilines is 2. The van der Waals surface area contributed by atoms with Crippen molar-refractivity contribution in [1.29, 1.82) is 0 Å². The van der Waals surface area contributed by atoms with Gasteiger partial charge in [-0.15, -0.1) is 0 Å². The van der Waals surface area contributed by atoms with E-state index in [4.69, 9.17) is 0 Å². The van der Waals surface area contributed by atoms with Crippen LogP contribution in [-0.2, 0) is 26.4 Å². The zero-order valence-electron chi connectivity index (χ0n) is 18.1. The van der Waals surface area contributed by atoms with E-state index in [0.29, 0.717) is 5.69 Å². The quantitative estimate of drug-likeness (QED) is 0.631. The first-order valence-electron chi connectivity index (χ1n) is 11.2. The van der Waals surface area contributed by atoms with Gasteiger partial charge in [0.15, 0.2) is 0 Å². The Bertz CT molecular complexity index is 1100. The van der Waals surface area contributed by atoms with Crippen LogP contribution >= 0.6 is 0 Å². The molecule has 0 bridgehead atoms. The molecule has 2 aromatic carbocycles. The lowest BCUT2D eigenvalue weighted by Crippen LogP contribution is -2.45. The highest BCUT2D eigenvalue weighted by atomic mass is 16.3. The molecule has 0 radical (unpaired) electrons. The van der Waals surface area contributed by atoms with E-state index in [0.717, 1.165) is 54.6 Å². The molecular formula is C25H27N3O4. The van der Waals surface area contributed by atoms with Crippen LogP contribution in [0, 0.1) is 5.92 Å². The first-order chi connectivity index (χ1) is 15.4. The summed E-state index contributed by atoms with van der Waals surface area (Å²) in [7, 11) is 0. The third kappa shape index (κ3) is 3.46. The van der Waals surface area contributed by atoms with Crippen LogP contribution in [0.2, 0.25) is 0 Å². The molecule has 7 nitrogen and oxygen atoms in total. The van der Waals surface area contributed by atoms with Gasteiger partial charge in [-0.3, -0.25) is 14.4 Å². The molecule has 166 valence electrons. The molecule has 2 heterocycles. The summed E-state index contributed by atoms with van der Waals surface area (Å²) in [6, 6.07) is 12.9. The van der Waals surface area contributed by atoms with Crippen LogP contribution in [0.25, 0.3) is 0 Å². The Labute approximate surface area is 186 Å². The summed E-state index contributed by atoms with van der Waals surface area (Å²) < 4.78 is 0. The molecule has 0 spiro atoms. The fraction of sp³-hybridized carbons (Fsp3) is 0.400. The summed E-state index contributed by atoms with van der Waals surface area (Å²) >= 11 is 0. The number of rotatable bonds is 5. The number of aliphatic hydroxyl groups is 1. The van der Waals surface area contributed by atoms with Crippen LogP contribution in [0.1, 0.15) is 48.8 Å². The number of nitrogens with zero attached hydrogens (tertiary/aromatic N) is 1. The molecule has 2 aliphatic heterocycles. The molecule has 0 aromatic heterocycles. The van der Waals surface area contributed by atoms with Crippen molar-refractivity contribution in [2.24, 2.45) is 5.92 Å². The van der Waals surface area contributed by atoms with Crippen LogP contribution in [0.15, 0.2) is 42.5 Å². The van der Waals surface area contributed by atoms with Gasteiger partial charge in [-0.05, 0) is 67.3 Å². The van der Waals surface area contributed by atoms with Gasteiger partial charge in [0.1, 0.15) is 5.60 Å². The highest BCUT2D eigenvalue weighted by Crippen LogP contribution is 2.46. The molecular weight excluding hydrogens is 406 g/mol. The summed E-state index contributed by atoms with van der Waals surface area (Å²) in [5.41, 5.74) is 2.96. The molecule has 3 N–H and O–H groups in total. The number of benzene rings is 2. The molecule has 32 heavy (non-hydrogen) atoms. The zero-order valence-corrected chi connectivity index (χ0v) is 18.1. The number of carbonyl (C=O) groups excluding carboxylic acids is 3. The van der Waals surface area contributed by atoms with Crippen molar-refractivity contribution in [2.45, 2.75) is 44.1 Å². The smallest absolute Gasteiger partial charge is 0.313 e. The van der Waals surface area contributed by atoms with Gasteiger partial charge in [0.05, 0.1) is 18.2 Å². The number of hydrogen-bond acceptors (Lipinski definition) is 4. The fourth-order valence-electron chi connectivity index (χ4n) is 5.02. The number of hydrogen-bond donors (Lipinski definition) is 3. The second kappa shape index (κ2) is 7.74. The van der Waals surface area contributed by atoms with Crippen molar-refractivity contribution >= 4 is 29.1 Å². The lowest BCUT2D eigenvalue weighted by Gasteiger charge is -2.29. The average molecular weight is 434 g/mol. The molecule has 2 aromatic rings. The molecule has 1 saturated carbocycles. The molecule has 2 unspecified atom stereocenters. The van der Waals surface area contributed by atoms with Crippen LogP contribution < -0.4 is 15.5 Å². The molecule has 7 heteroatoms. The normalized spacial score (nSPS) is 21.0. The lowest BCUT2D eigenvalue weighted by molar-refractivity contribution is -0.137. The van der Waals surface area contributed by atoms with Crippen molar-refractivity contribution in [3.63, 3.8) is 0 Å². The fourth-order valence-corrected chi connectivity index (χ4v) is 5.02. The maximum absolute atomic E-state index is 12.6. The maximum atomic E-state index is 12.6. The molecule has 2 atom stereocenters. The predicted octanol–water partition coefficient (Wildman–Crippen LogP) is 2.44. The number of nitrogens with one attached hydrogen (secondary N) is 2. The van der Waals surface area contributed by atoms with Crippen molar-refractivity contribution in [3.8, 4) is 0 Å². The number of aryl methyl sites for hydroxylation is 1. The van der Waals surface area contributed by atoms with Crippen molar-refractivity contribution in [3.05, 3.63) is 59.2 Å². The highest BCUT2D eigenvalue weighted by Gasteiger charge is 2.45. The molecule has 3 aliphatic rings. The predicted molar refractivity (Wildman–Crippen MR) is 120 cm³/mol. The van der Waals surface area contributed by atoms with Crippen molar-refractivity contribution in [2.75, 3.05) is 23.3 Å². The summed E-state index contributed by atoms with van der Waals surface area (Å²) in [6.45, 7) is 2.57. The Balaban J connectivity index is 1.29. The Morgan fingerprint density at radius 2 is 1.91 bits per heavy atom. The molecule has 5 rings (SSSR count). The Kier molecular flexibility index (Phi) is 5.01. The van der Waals surface area contributed by atoms with E-state index in [1.165, 1.54) is 0 Å². The second-order valence-corrected chi connectivity index (χ2v) is 9.09. The largest absolute Gasteiger partial charge is 0.383 e. The van der Waals surface area contributed by atoms with Gasteiger partial charge < -0.3 is 20.6 Å². The summed E-state index contributed by atoms with van der Waals surface area (Å²) in [5, 5.41) is 16.5. The average Bonchev–Trinajstić information content (AvgIpc) is 3.64. The van der Waals surface area contributed by atoms with Gasteiger partial charge in [0.2, 0.25) is 5.91 Å². The van der Waals surface area contributed by atoms with Crippen LogP contribution in [0.5, 0.6) is 0 Å². The topological polar surface area (TPSA) is 98.7 Å². The minimum absolute atomic E-state index is 0.0239. The first kappa shape index (κ1) is 20.7. The summed E-state index contributed by atoms with van der Waals surface area (Å²) in [6.07, 6.45) is 3.49. The molecule has 1 aliphatic carbocycles.